The summed E-state index contributed by atoms with van der Waals surface area (Å²) < 4.78 is 6.87. The molecule has 26 heavy (non-hydrogen) atoms. The van der Waals surface area contributed by atoms with E-state index in [1.165, 1.54) is 0 Å². The van der Waals surface area contributed by atoms with Crippen LogP contribution < -0.4 is 0 Å². The number of aryl methyl sites for hydroxylation is 1. The van der Waals surface area contributed by atoms with Gasteiger partial charge in [-0.2, -0.15) is 5.10 Å². The molecular formula is C17H23N5O4. The van der Waals surface area contributed by atoms with E-state index in [9.17, 15) is 14.7 Å². The Kier molecular flexibility index (Phi) is 5.08. The van der Waals surface area contributed by atoms with Gasteiger partial charge in [0.05, 0.1) is 18.7 Å². The van der Waals surface area contributed by atoms with Gasteiger partial charge in [0, 0.05) is 43.4 Å². The average molecular weight is 361 g/mol. The molecule has 1 aliphatic rings. The van der Waals surface area contributed by atoms with E-state index in [4.69, 9.17) is 4.52 Å². The number of hydrogen-bond donors (Lipinski definition) is 1. The summed E-state index contributed by atoms with van der Waals surface area (Å²) >= 11 is 0. The Morgan fingerprint density at radius 3 is 2.77 bits per heavy atom. The van der Waals surface area contributed by atoms with Crippen molar-refractivity contribution in [2.24, 2.45) is 0 Å². The second-order valence-corrected chi connectivity index (χ2v) is 6.78. The molecule has 9 nitrogen and oxygen atoms in total. The van der Waals surface area contributed by atoms with Gasteiger partial charge in [-0.25, -0.2) is 4.79 Å². The predicted molar refractivity (Wildman–Crippen MR) is 91.8 cm³/mol. The number of rotatable bonds is 6. The van der Waals surface area contributed by atoms with E-state index in [2.05, 4.69) is 10.3 Å². The Hall–Kier alpha value is -2.68. The first-order valence-electron chi connectivity index (χ1n) is 8.51. The van der Waals surface area contributed by atoms with Gasteiger partial charge in [0.2, 0.25) is 5.91 Å². The molecule has 0 radical (unpaired) electrons. The number of carbonyl (C=O) groups is 2. The van der Waals surface area contributed by atoms with E-state index < -0.39 is 5.97 Å². The Balaban J connectivity index is 1.78. The maximum absolute atomic E-state index is 12.5. The molecule has 3 heterocycles. The third-order valence-corrected chi connectivity index (χ3v) is 4.45. The standard InChI is InChI=1S/C17H23N5O4/c1-11-8-12(26-19-11)9-15(23)21-5-4-14-13(10-21)16(17(24)25)18-22(14)7-6-20(2)3/h8H,4-7,9-10H2,1-3H3,(H,24,25). The van der Waals surface area contributed by atoms with E-state index >= 15 is 0 Å². The summed E-state index contributed by atoms with van der Waals surface area (Å²) in [6, 6.07) is 1.73. The third-order valence-electron chi connectivity index (χ3n) is 4.45. The van der Waals surface area contributed by atoms with Crippen LogP contribution in [0.2, 0.25) is 0 Å². The summed E-state index contributed by atoms with van der Waals surface area (Å²) in [5, 5.41) is 17.5. The van der Waals surface area contributed by atoms with Crippen molar-refractivity contribution in [1.82, 2.24) is 24.7 Å². The molecule has 9 heteroatoms. The van der Waals surface area contributed by atoms with Crippen molar-refractivity contribution in [3.8, 4) is 0 Å². The number of fused-ring (bicyclic) bond motifs is 1. The van der Waals surface area contributed by atoms with Gasteiger partial charge >= 0.3 is 5.97 Å². The maximum atomic E-state index is 12.5. The lowest BCUT2D eigenvalue weighted by atomic mass is 10.0. The summed E-state index contributed by atoms with van der Waals surface area (Å²) in [6.07, 6.45) is 0.706. The number of hydrogen-bond acceptors (Lipinski definition) is 6. The van der Waals surface area contributed by atoms with Crippen LogP contribution in [0.1, 0.15) is 33.2 Å². The van der Waals surface area contributed by atoms with E-state index in [0.717, 1.165) is 17.9 Å². The number of nitrogens with zero attached hydrogens (tertiary/aromatic N) is 5. The van der Waals surface area contributed by atoms with Crippen molar-refractivity contribution in [3.63, 3.8) is 0 Å². The van der Waals surface area contributed by atoms with Crippen LogP contribution in [0.25, 0.3) is 0 Å². The molecule has 1 aliphatic heterocycles. The SMILES string of the molecule is Cc1cc(CC(=O)N2CCc3c(c(C(=O)O)nn3CCN(C)C)C2)on1. The molecule has 0 saturated carbocycles. The van der Waals surface area contributed by atoms with Crippen LogP contribution >= 0.6 is 0 Å². The Morgan fingerprint density at radius 2 is 2.15 bits per heavy atom. The van der Waals surface area contributed by atoms with E-state index in [-0.39, 0.29) is 24.6 Å². The Morgan fingerprint density at radius 1 is 1.38 bits per heavy atom. The molecule has 0 spiro atoms. The molecule has 0 unspecified atom stereocenters. The molecule has 0 fully saturated rings. The quantitative estimate of drug-likeness (QED) is 0.802. The zero-order chi connectivity index (χ0) is 18.8. The zero-order valence-electron chi connectivity index (χ0n) is 15.2. The van der Waals surface area contributed by atoms with Gasteiger partial charge in [-0.05, 0) is 21.0 Å². The molecule has 0 aliphatic carbocycles. The summed E-state index contributed by atoms with van der Waals surface area (Å²) in [5.74, 6) is -0.660. The summed E-state index contributed by atoms with van der Waals surface area (Å²) in [7, 11) is 3.92. The normalized spacial score (nSPS) is 13.9. The summed E-state index contributed by atoms with van der Waals surface area (Å²) in [4.78, 5) is 27.8. The van der Waals surface area contributed by atoms with Gasteiger partial charge < -0.3 is 19.4 Å². The zero-order valence-corrected chi connectivity index (χ0v) is 15.2. The Labute approximate surface area is 151 Å². The van der Waals surface area contributed by atoms with Gasteiger partial charge in [0.25, 0.3) is 0 Å². The summed E-state index contributed by atoms with van der Waals surface area (Å²) in [5.41, 5.74) is 2.30. The number of likely N-dealkylation sites (N-methyl/N-ethyl adjacent to an activating group) is 1. The average Bonchev–Trinajstić information content (AvgIpc) is 3.15. The number of carboxylic acids is 1. The highest BCUT2D eigenvalue weighted by Crippen LogP contribution is 2.23. The molecule has 0 saturated heterocycles. The largest absolute Gasteiger partial charge is 0.476 e. The van der Waals surface area contributed by atoms with Crippen molar-refractivity contribution in [2.75, 3.05) is 27.2 Å². The minimum absolute atomic E-state index is 0.0340. The fraction of sp³-hybridized carbons (Fsp3) is 0.529. The van der Waals surface area contributed by atoms with Crippen LogP contribution in [-0.2, 0) is 30.7 Å². The topological polar surface area (TPSA) is 105 Å². The highest BCUT2D eigenvalue weighted by molar-refractivity contribution is 5.88. The molecule has 0 aromatic carbocycles. The second-order valence-electron chi connectivity index (χ2n) is 6.78. The van der Waals surface area contributed by atoms with Gasteiger partial charge in [0.1, 0.15) is 5.76 Å². The van der Waals surface area contributed by atoms with E-state index in [1.807, 2.05) is 19.0 Å². The number of carbonyl (C=O) groups excluding carboxylic acids is 1. The van der Waals surface area contributed by atoms with Gasteiger partial charge in [-0.3, -0.25) is 9.48 Å². The lowest BCUT2D eigenvalue weighted by Gasteiger charge is -2.27. The molecule has 1 amide bonds. The number of aromatic carboxylic acids is 1. The second kappa shape index (κ2) is 7.28. The van der Waals surface area contributed by atoms with Crippen molar-refractivity contribution in [1.29, 1.82) is 0 Å². The monoisotopic (exact) mass is 361 g/mol. The van der Waals surface area contributed by atoms with Crippen molar-refractivity contribution >= 4 is 11.9 Å². The predicted octanol–water partition coefficient (Wildman–Crippen LogP) is 0.567. The molecule has 1 N–H and O–H groups in total. The fourth-order valence-corrected chi connectivity index (χ4v) is 3.12. The minimum atomic E-state index is -1.06. The lowest BCUT2D eigenvalue weighted by molar-refractivity contribution is -0.131. The highest BCUT2D eigenvalue weighted by Gasteiger charge is 2.30. The number of aromatic nitrogens is 3. The minimum Gasteiger partial charge on any atom is -0.476 e. The van der Waals surface area contributed by atoms with E-state index in [1.54, 1.807) is 22.6 Å². The molecular weight excluding hydrogens is 338 g/mol. The van der Waals surface area contributed by atoms with Crippen LogP contribution in [0.4, 0.5) is 0 Å². The molecule has 2 aromatic rings. The van der Waals surface area contributed by atoms with Gasteiger partial charge in [0.15, 0.2) is 5.69 Å². The van der Waals surface area contributed by atoms with E-state index in [0.29, 0.717) is 30.8 Å². The third kappa shape index (κ3) is 3.77. The van der Waals surface area contributed by atoms with Crippen LogP contribution in [0.15, 0.2) is 10.6 Å². The van der Waals surface area contributed by atoms with Crippen molar-refractivity contribution in [2.45, 2.75) is 32.9 Å². The summed E-state index contributed by atoms with van der Waals surface area (Å²) in [6.45, 7) is 3.97. The fourth-order valence-electron chi connectivity index (χ4n) is 3.12. The number of amides is 1. The van der Waals surface area contributed by atoms with Crippen LogP contribution in [0.3, 0.4) is 0 Å². The lowest BCUT2D eigenvalue weighted by Crippen LogP contribution is -2.37. The molecule has 0 bridgehead atoms. The van der Waals surface area contributed by atoms with Crippen LogP contribution in [0.5, 0.6) is 0 Å². The first kappa shape index (κ1) is 18.1. The number of carboxylic acid groups (broad SMARTS) is 1. The highest BCUT2D eigenvalue weighted by atomic mass is 16.5. The molecule has 2 aromatic heterocycles. The van der Waals surface area contributed by atoms with Gasteiger partial charge in [-0.15, -0.1) is 0 Å². The van der Waals surface area contributed by atoms with Crippen molar-refractivity contribution < 1.29 is 19.2 Å². The Bertz CT molecular complexity index is 823. The molecule has 0 atom stereocenters. The van der Waals surface area contributed by atoms with Crippen LogP contribution in [0, 0.1) is 6.92 Å². The molecule has 3 rings (SSSR count). The molecule has 140 valence electrons. The maximum Gasteiger partial charge on any atom is 0.356 e. The first-order valence-corrected chi connectivity index (χ1v) is 8.51. The smallest absolute Gasteiger partial charge is 0.356 e. The van der Waals surface area contributed by atoms with Gasteiger partial charge in [-0.1, -0.05) is 5.16 Å². The van der Waals surface area contributed by atoms with Crippen molar-refractivity contribution in [3.05, 3.63) is 34.5 Å². The first-order chi connectivity index (χ1) is 12.3. The van der Waals surface area contributed by atoms with Crippen LogP contribution in [-0.4, -0.2) is 68.9 Å².